The van der Waals surface area contributed by atoms with Crippen LogP contribution in [0.3, 0.4) is 0 Å². The minimum Gasteiger partial charge on any atom is -0.755 e. The Hall–Kier alpha value is -3.02. The van der Waals surface area contributed by atoms with Gasteiger partial charge >= 0.3 is 5.97 Å². The van der Waals surface area contributed by atoms with Gasteiger partial charge in [0.25, 0.3) is 0 Å². The van der Waals surface area contributed by atoms with Crippen LogP contribution in [0.25, 0.3) is 11.1 Å². The number of nitrogens with zero attached hydrogens (tertiary/aromatic N) is 3. The zero-order valence-electron chi connectivity index (χ0n) is 19.4. The van der Waals surface area contributed by atoms with Crippen LogP contribution in [-0.2, 0) is 43.6 Å². The number of hydrogen-bond donors (Lipinski definition) is 0. The molecule has 9 nitrogen and oxygen atoms in total. The highest BCUT2D eigenvalue weighted by molar-refractivity contribution is 7.90. The minimum atomic E-state index is -3.34. The smallest absolute Gasteiger partial charge is 0.327 e. The van der Waals surface area contributed by atoms with Crippen molar-refractivity contribution >= 4 is 32.8 Å². The average Bonchev–Trinajstić information content (AvgIpc) is 3.22. The molecular weight excluding hydrogens is 490 g/mol. The number of sulfone groups is 1. The van der Waals surface area contributed by atoms with Gasteiger partial charge in [-0.25, -0.2) is 8.42 Å². The normalized spacial score (nSPS) is 16.4. The maximum absolute atomic E-state index is 12.3. The molecule has 0 aliphatic heterocycles. The number of anilines is 1. The number of carbonyl (C=O) groups is 1. The molecule has 0 fully saturated rings. The van der Waals surface area contributed by atoms with E-state index in [1.807, 2.05) is 0 Å². The molecule has 0 radical (unpaired) electrons. The molecule has 1 aliphatic carbocycles. The van der Waals surface area contributed by atoms with Crippen molar-refractivity contribution in [3.8, 4) is 11.1 Å². The minimum absolute atomic E-state index is 0.0163. The Balaban J connectivity index is 1.63. The zero-order valence-corrected chi connectivity index (χ0v) is 21.0. The van der Waals surface area contributed by atoms with E-state index >= 15 is 0 Å². The predicted molar refractivity (Wildman–Crippen MR) is 131 cm³/mol. The summed E-state index contributed by atoms with van der Waals surface area (Å²) in [6, 6.07) is 13.1. The van der Waals surface area contributed by atoms with Gasteiger partial charge in [-0.1, -0.05) is 24.3 Å². The largest absolute Gasteiger partial charge is 0.755 e. The van der Waals surface area contributed by atoms with Crippen LogP contribution in [0.4, 0.5) is 5.69 Å². The lowest BCUT2D eigenvalue weighted by Crippen LogP contribution is -2.33. The van der Waals surface area contributed by atoms with Gasteiger partial charge in [-0.3, -0.25) is 18.0 Å². The molecule has 3 aromatic rings. The van der Waals surface area contributed by atoms with Crippen LogP contribution < -0.4 is 4.31 Å². The van der Waals surface area contributed by atoms with Gasteiger partial charge in [0.05, 0.1) is 23.7 Å². The Labute approximate surface area is 207 Å². The van der Waals surface area contributed by atoms with Crippen LogP contribution in [0.2, 0.25) is 0 Å². The number of ether oxygens (including phenoxy) is 1. The Morgan fingerprint density at radius 3 is 2.63 bits per heavy atom. The lowest BCUT2D eigenvalue weighted by atomic mass is 9.92. The van der Waals surface area contributed by atoms with Crippen molar-refractivity contribution in [1.29, 1.82) is 0 Å². The van der Waals surface area contributed by atoms with Crippen molar-refractivity contribution < 1.29 is 26.7 Å². The Morgan fingerprint density at radius 2 is 1.97 bits per heavy atom. The van der Waals surface area contributed by atoms with Crippen LogP contribution in [0.15, 0.2) is 59.6 Å². The first-order valence-electron chi connectivity index (χ1n) is 11.2. The topological polar surface area (TPSA) is 122 Å². The van der Waals surface area contributed by atoms with Gasteiger partial charge in [0.1, 0.15) is 6.54 Å². The van der Waals surface area contributed by atoms with Crippen LogP contribution in [0.5, 0.6) is 0 Å². The standard InChI is InChI=1S/C24H27N3O6S2/c1-3-33-24(28)16-26-22-8-5-9-23(21(22)15-25-26)27(34(29)30)19-12-10-17(11-13-19)18-6-4-7-20(14-18)35(2,31)32/h4,6-7,10-15,23H,3,5,8-9,16H2,1-2H3,(H,29,30)/p-1. The van der Waals surface area contributed by atoms with E-state index in [9.17, 15) is 22.0 Å². The number of fused-ring (bicyclic) bond motifs is 1. The van der Waals surface area contributed by atoms with E-state index < -0.39 is 27.1 Å². The lowest BCUT2D eigenvalue weighted by Gasteiger charge is -2.37. The van der Waals surface area contributed by atoms with Gasteiger partial charge in [0.2, 0.25) is 0 Å². The average molecular weight is 517 g/mol. The second-order valence-electron chi connectivity index (χ2n) is 8.31. The molecule has 186 valence electrons. The predicted octanol–water partition coefficient (Wildman–Crippen LogP) is 3.19. The third-order valence-corrected chi connectivity index (χ3v) is 7.87. The number of hydrogen-bond acceptors (Lipinski definition) is 7. The summed E-state index contributed by atoms with van der Waals surface area (Å²) < 4.78 is 56.4. The lowest BCUT2D eigenvalue weighted by molar-refractivity contribution is -0.144. The molecule has 2 atom stereocenters. The quantitative estimate of drug-likeness (QED) is 0.333. The van der Waals surface area contributed by atoms with Gasteiger partial charge in [0.15, 0.2) is 9.84 Å². The second-order valence-corrected chi connectivity index (χ2v) is 11.2. The monoisotopic (exact) mass is 516 g/mol. The third-order valence-electron chi connectivity index (χ3n) is 5.98. The number of aromatic nitrogens is 2. The molecule has 1 aromatic heterocycles. The van der Waals surface area contributed by atoms with Crippen molar-refractivity contribution in [3.63, 3.8) is 0 Å². The number of carbonyl (C=O) groups excluding carboxylic acids is 1. The van der Waals surface area contributed by atoms with Crippen LogP contribution in [0, 0.1) is 0 Å². The summed E-state index contributed by atoms with van der Waals surface area (Å²) in [5, 5.41) is 4.33. The van der Waals surface area contributed by atoms with Crippen molar-refractivity contribution in [1.82, 2.24) is 9.78 Å². The summed E-state index contributed by atoms with van der Waals surface area (Å²) >= 11 is -2.55. The van der Waals surface area contributed by atoms with E-state index in [2.05, 4.69) is 5.10 Å². The summed E-state index contributed by atoms with van der Waals surface area (Å²) in [6.07, 6.45) is 4.84. The highest BCUT2D eigenvalue weighted by Gasteiger charge is 2.30. The Bertz CT molecular complexity index is 1350. The third kappa shape index (κ3) is 5.47. The highest BCUT2D eigenvalue weighted by atomic mass is 32.2. The summed E-state index contributed by atoms with van der Waals surface area (Å²) in [7, 11) is -3.34. The van der Waals surface area contributed by atoms with Crippen LogP contribution in [0.1, 0.15) is 37.1 Å². The van der Waals surface area contributed by atoms with E-state index in [1.165, 1.54) is 10.4 Å². The molecule has 35 heavy (non-hydrogen) atoms. The Kier molecular flexibility index (Phi) is 7.39. The van der Waals surface area contributed by atoms with Crippen LogP contribution >= 0.6 is 0 Å². The van der Waals surface area contributed by atoms with Crippen molar-refractivity contribution in [2.75, 3.05) is 17.2 Å². The van der Waals surface area contributed by atoms with Crippen molar-refractivity contribution in [3.05, 3.63) is 66.0 Å². The molecule has 0 N–H and O–H groups in total. The molecule has 2 unspecified atom stereocenters. The molecule has 1 heterocycles. The molecular formula is C24H26N3O6S2-. The first kappa shape index (κ1) is 25.1. The van der Waals surface area contributed by atoms with Crippen molar-refractivity contribution in [2.24, 2.45) is 0 Å². The zero-order chi connectivity index (χ0) is 25.2. The van der Waals surface area contributed by atoms with Gasteiger partial charge in [-0.15, -0.1) is 0 Å². The van der Waals surface area contributed by atoms with E-state index in [4.69, 9.17) is 4.74 Å². The van der Waals surface area contributed by atoms with E-state index in [0.717, 1.165) is 35.1 Å². The van der Waals surface area contributed by atoms with Gasteiger partial charge in [-0.05, 0) is 61.6 Å². The molecule has 4 rings (SSSR count). The summed E-state index contributed by atoms with van der Waals surface area (Å²) in [5.41, 5.74) is 3.57. The van der Waals surface area contributed by atoms with Crippen LogP contribution in [-0.4, -0.2) is 45.8 Å². The number of benzene rings is 2. The molecule has 11 heteroatoms. The fourth-order valence-corrected chi connectivity index (χ4v) is 5.77. The number of rotatable bonds is 8. The fourth-order valence-electron chi connectivity index (χ4n) is 4.38. The van der Waals surface area contributed by atoms with E-state index in [1.54, 1.807) is 60.3 Å². The Morgan fingerprint density at radius 1 is 1.23 bits per heavy atom. The summed E-state index contributed by atoms with van der Waals surface area (Å²) in [6.45, 7) is 2.00. The van der Waals surface area contributed by atoms with E-state index in [0.29, 0.717) is 18.5 Å². The van der Waals surface area contributed by atoms with E-state index in [-0.39, 0.29) is 24.0 Å². The first-order chi connectivity index (χ1) is 16.7. The first-order valence-corrected chi connectivity index (χ1v) is 14.1. The molecule has 0 spiro atoms. The fraction of sp³-hybridized carbons (Fsp3) is 0.333. The molecule has 0 bridgehead atoms. The maximum atomic E-state index is 12.3. The van der Waals surface area contributed by atoms with Gasteiger partial charge < -0.3 is 9.29 Å². The maximum Gasteiger partial charge on any atom is 0.327 e. The molecule has 0 saturated carbocycles. The van der Waals surface area contributed by atoms with Gasteiger partial charge in [0, 0.05) is 34.5 Å². The summed E-state index contributed by atoms with van der Waals surface area (Å²) in [5.74, 6) is -0.389. The highest BCUT2D eigenvalue weighted by Crippen LogP contribution is 2.38. The number of esters is 1. The molecule has 0 saturated heterocycles. The van der Waals surface area contributed by atoms with Gasteiger partial charge in [-0.2, -0.15) is 5.10 Å². The van der Waals surface area contributed by atoms with Crippen molar-refractivity contribution in [2.45, 2.75) is 43.7 Å². The summed E-state index contributed by atoms with van der Waals surface area (Å²) in [4.78, 5) is 12.2. The second kappa shape index (κ2) is 10.3. The molecule has 2 aromatic carbocycles. The SMILES string of the molecule is CCOC(=O)Cn1ncc2c1CCCC2N(c1ccc(-c2cccc(S(C)(=O)=O)c2)cc1)S(=O)[O-]. The molecule has 0 amide bonds. The molecule has 1 aliphatic rings.